The molecule has 0 spiro atoms. The van der Waals surface area contributed by atoms with E-state index in [4.69, 9.17) is 5.73 Å². The third-order valence-corrected chi connectivity index (χ3v) is 4.02. The van der Waals surface area contributed by atoms with Crippen molar-refractivity contribution in [1.29, 1.82) is 0 Å². The molecule has 0 saturated heterocycles. The fraction of sp³-hybridized carbons (Fsp3) is 0.812. The van der Waals surface area contributed by atoms with Gasteiger partial charge in [-0.25, -0.2) is 0 Å². The van der Waals surface area contributed by atoms with Crippen LogP contribution >= 0.6 is 0 Å². The molecule has 0 radical (unpaired) electrons. The molecule has 4 nitrogen and oxygen atoms in total. The first-order valence-corrected chi connectivity index (χ1v) is 7.90. The number of nitrogens with zero attached hydrogens (tertiary/aromatic N) is 3. The zero-order valence-corrected chi connectivity index (χ0v) is 14.1. The van der Waals surface area contributed by atoms with E-state index in [1.165, 1.54) is 18.4 Å². The largest absolute Gasteiger partial charge is 0.329 e. The lowest BCUT2D eigenvalue weighted by Crippen LogP contribution is -2.43. The quantitative estimate of drug-likeness (QED) is 0.796. The average molecular weight is 280 g/mol. The topological polar surface area (TPSA) is 47.1 Å². The molecule has 1 atom stereocenters. The fourth-order valence-corrected chi connectivity index (χ4v) is 3.10. The van der Waals surface area contributed by atoms with E-state index in [0.29, 0.717) is 18.5 Å². The third-order valence-electron chi connectivity index (χ3n) is 4.02. The smallest absolute Gasteiger partial charge is 0.0641 e. The number of aryl methyl sites for hydroxylation is 2. The Morgan fingerprint density at radius 1 is 1.30 bits per heavy atom. The van der Waals surface area contributed by atoms with Crippen LogP contribution in [0.5, 0.6) is 0 Å². The monoisotopic (exact) mass is 280 g/mol. The molecular formula is C16H32N4. The Morgan fingerprint density at radius 3 is 2.25 bits per heavy atom. The summed E-state index contributed by atoms with van der Waals surface area (Å²) in [4.78, 5) is 2.59. The van der Waals surface area contributed by atoms with Crippen molar-refractivity contribution in [1.82, 2.24) is 14.7 Å². The van der Waals surface area contributed by atoms with E-state index in [9.17, 15) is 0 Å². The molecule has 1 rings (SSSR count). The van der Waals surface area contributed by atoms with Gasteiger partial charge in [0.1, 0.15) is 0 Å². The Kier molecular flexibility index (Phi) is 6.69. The van der Waals surface area contributed by atoms with Crippen molar-refractivity contribution < 1.29 is 0 Å². The van der Waals surface area contributed by atoms with Gasteiger partial charge in [0.25, 0.3) is 0 Å². The van der Waals surface area contributed by atoms with Crippen molar-refractivity contribution >= 4 is 0 Å². The predicted octanol–water partition coefficient (Wildman–Crippen LogP) is 2.87. The lowest BCUT2D eigenvalue weighted by atomic mass is 9.99. The van der Waals surface area contributed by atoms with E-state index in [1.54, 1.807) is 0 Å². The van der Waals surface area contributed by atoms with Crippen LogP contribution in [0.1, 0.15) is 57.8 Å². The summed E-state index contributed by atoms with van der Waals surface area (Å²) in [5, 5.41) is 4.49. The minimum atomic E-state index is 0.274. The summed E-state index contributed by atoms with van der Waals surface area (Å²) in [6.07, 6.45) is 4.46. The van der Waals surface area contributed by atoms with Gasteiger partial charge in [0.05, 0.1) is 11.7 Å². The summed E-state index contributed by atoms with van der Waals surface area (Å²) in [6.45, 7) is 12.9. The molecule has 0 aliphatic carbocycles. The van der Waals surface area contributed by atoms with Crippen LogP contribution in [0.3, 0.4) is 0 Å². The van der Waals surface area contributed by atoms with Crippen LogP contribution in [0.15, 0.2) is 6.20 Å². The molecule has 0 fully saturated rings. The summed E-state index contributed by atoms with van der Waals surface area (Å²) in [5.74, 6) is 0.640. The van der Waals surface area contributed by atoms with Crippen molar-refractivity contribution in [2.24, 2.45) is 18.7 Å². The normalized spacial score (nSPS) is 13.7. The standard InChI is InChI=1S/C16H32N4/c1-7-14(8-2)20(10-12(3)4)16(9-17)15-11-19(6)18-13(15)5/h11-12,14,16H,7-10,17H2,1-6H3. The van der Waals surface area contributed by atoms with Crippen molar-refractivity contribution in [2.45, 2.75) is 59.5 Å². The summed E-state index contributed by atoms with van der Waals surface area (Å²) >= 11 is 0. The maximum Gasteiger partial charge on any atom is 0.0641 e. The first-order chi connectivity index (χ1) is 9.44. The first-order valence-electron chi connectivity index (χ1n) is 7.90. The Balaban J connectivity index is 3.10. The highest BCUT2D eigenvalue weighted by molar-refractivity contribution is 5.21. The average Bonchev–Trinajstić information content (AvgIpc) is 2.70. The molecular weight excluding hydrogens is 248 g/mol. The summed E-state index contributed by atoms with van der Waals surface area (Å²) in [6, 6.07) is 0.863. The maximum absolute atomic E-state index is 6.13. The molecule has 0 aromatic carbocycles. The third kappa shape index (κ3) is 4.06. The lowest BCUT2D eigenvalue weighted by Gasteiger charge is -2.38. The van der Waals surface area contributed by atoms with Gasteiger partial charge in [0.15, 0.2) is 0 Å². The van der Waals surface area contributed by atoms with E-state index in [0.717, 1.165) is 12.2 Å². The van der Waals surface area contributed by atoms with Crippen LogP contribution in [0, 0.1) is 12.8 Å². The van der Waals surface area contributed by atoms with Gasteiger partial charge >= 0.3 is 0 Å². The molecule has 0 aliphatic rings. The van der Waals surface area contributed by atoms with E-state index in [-0.39, 0.29) is 6.04 Å². The van der Waals surface area contributed by atoms with E-state index in [2.05, 4.69) is 50.8 Å². The minimum absolute atomic E-state index is 0.274. The Bertz CT molecular complexity index is 393. The van der Waals surface area contributed by atoms with Crippen molar-refractivity contribution in [3.8, 4) is 0 Å². The van der Waals surface area contributed by atoms with Gasteiger partial charge < -0.3 is 5.73 Å². The van der Waals surface area contributed by atoms with Gasteiger partial charge in [-0.1, -0.05) is 27.7 Å². The summed E-state index contributed by atoms with van der Waals surface area (Å²) in [7, 11) is 1.98. The molecule has 0 amide bonds. The van der Waals surface area contributed by atoms with E-state index >= 15 is 0 Å². The van der Waals surface area contributed by atoms with Gasteiger partial charge in [-0.3, -0.25) is 9.58 Å². The van der Waals surface area contributed by atoms with Gasteiger partial charge in [-0.05, 0) is 25.7 Å². The molecule has 0 bridgehead atoms. The SMILES string of the molecule is CCC(CC)N(CC(C)C)C(CN)c1cn(C)nc1C. The van der Waals surface area contributed by atoms with Crippen molar-refractivity contribution in [2.75, 3.05) is 13.1 Å². The summed E-state index contributed by atoms with van der Waals surface area (Å²) < 4.78 is 1.90. The van der Waals surface area contributed by atoms with E-state index < -0.39 is 0 Å². The number of hydrogen-bond acceptors (Lipinski definition) is 3. The molecule has 1 aromatic rings. The zero-order chi connectivity index (χ0) is 15.3. The molecule has 0 saturated carbocycles. The lowest BCUT2D eigenvalue weighted by molar-refractivity contribution is 0.112. The highest BCUT2D eigenvalue weighted by Gasteiger charge is 2.27. The van der Waals surface area contributed by atoms with Gasteiger partial charge in [-0.15, -0.1) is 0 Å². The molecule has 1 aromatic heterocycles. The van der Waals surface area contributed by atoms with Gasteiger partial charge in [-0.2, -0.15) is 5.10 Å². The maximum atomic E-state index is 6.13. The molecule has 0 aliphatic heterocycles. The highest BCUT2D eigenvalue weighted by atomic mass is 15.3. The second-order valence-corrected chi connectivity index (χ2v) is 6.16. The van der Waals surface area contributed by atoms with Gasteiger partial charge in [0, 0.05) is 37.9 Å². The van der Waals surface area contributed by atoms with Crippen LogP contribution in [-0.4, -0.2) is 33.8 Å². The van der Waals surface area contributed by atoms with Crippen LogP contribution in [0.25, 0.3) is 0 Å². The minimum Gasteiger partial charge on any atom is -0.329 e. The molecule has 1 unspecified atom stereocenters. The first kappa shape index (κ1) is 17.2. The van der Waals surface area contributed by atoms with Crippen LogP contribution in [0.4, 0.5) is 0 Å². The molecule has 2 N–H and O–H groups in total. The predicted molar refractivity (Wildman–Crippen MR) is 85.7 cm³/mol. The zero-order valence-electron chi connectivity index (χ0n) is 14.1. The summed E-state index contributed by atoms with van der Waals surface area (Å²) in [5.41, 5.74) is 8.51. The number of rotatable bonds is 8. The molecule has 4 heteroatoms. The number of nitrogens with two attached hydrogens (primary N) is 1. The van der Waals surface area contributed by atoms with Crippen molar-refractivity contribution in [3.05, 3.63) is 17.5 Å². The van der Waals surface area contributed by atoms with Crippen LogP contribution < -0.4 is 5.73 Å². The van der Waals surface area contributed by atoms with Crippen LogP contribution in [-0.2, 0) is 7.05 Å². The van der Waals surface area contributed by atoms with E-state index in [1.807, 2.05) is 11.7 Å². The Labute approximate surface area is 124 Å². The van der Waals surface area contributed by atoms with Crippen LogP contribution in [0.2, 0.25) is 0 Å². The second-order valence-electron chi connectivity index (χ2n) is 6.16. The Hall–Kier alpha value is -0.870. The second kappa shape index (κ2) is 7.79. The highest BCUT2D eigenvalue weighted by Crippen LogP contribution is 2.27. The molecule has 1 heterocycles. The fourth-order valence-electron chi connectivity index (χ4n) is 3.10. The Morgan fingerprint density at radius 2 is 1.90 bits per heavy atom. The van der Waals surface area contributed by atoms with Gasteiger partial charge in [0.2, 0.25) is 0 Å². The number of aromatic nitrogens is 2. The number of hydrogen-bond donors (Lipinski definition) is 1. The molecule has 20 heavy (non-hydrogen) atoms. The molecule has 116 valence electrons. The van der Waals surface area contributed by atoms with Crippen molar-refractivity contribution in [3.63, 3.8) is 0 Å².